The Hall–Kier alpha value is -0.120. The number of methoxy groups -OCH3 is 1. The summed E-state index contributed by atoms with van der Waals surface area (Å²) in [6.45, 7) is 13.1. The van der Waals surface area contributed by atoms with Gasteiger partial charge in [0.25, 0.3) is 0 Å². The Morgan fingerprint density at radius 2 is 1.88 bits per heavy atom. The maximum absolute atomic E-state index is 5.21. The van der Waals surface area contributed by atoms with Crippen LogP contribution in [0.25, 0.3) is 0 Å². The molecule has 0 saturated heterocycles. The van der Waals surface area contributed by atoms with E-state index < -0.39 is 0 Å². The summed E-state index contributed by atoms with van der Waals surface area (Å²) in [7, 11) is 1.78. The molecule has 0 bridgehead atoms. The fourth-order valence-corrected chi connectivity index (χ4v) is 2.25. The summed E-state index contributed by atoms with van der Waals surface area (Å²) in [6.07, 6.45) is 3.88. The van der Waals surface area contributed by atoms with Crippen LogP contribution in [0.3, 0.4) is 0 Å². The molecule has 0 aromatic rings. The summed E-state index contributed by atoms with van der Waals surface area (Å²) >= 11 is 0. The van der Waals surface area contributed by atoms with Gasteiger partial charge in [-0.15, -0.1) is 0 Å². The number of nitrogens with one attached hydrogen (secondary N) is 1. The number of hydrogen-bond acceptors (Lipinski definition) is 3. The lowest BCUT2D eigenvalue weighted by Gasteiger charge is -2.27. The zero-order valence-electron chi connectivity index (χ0n) is 12.5. The molecule has 0 aliphatic rings. The number of unbranched alkanes of at least 4 members (excludes halogenated alkanes) is 1. The first-order chi connectivity index (χ1) is 8.15. The Balaban J connectivity index is 3.62. The van der Waals surface area contributed by atoms with Gasteiger partial charge >= 0.3 is 0 Å². The van der Waals surface area contributed by atoms with Crippen LogP contribution in [0, 0.1) is 0 Å². The number of ether oxygens (including phenoxy) is 1. The van der Waals surface area contributed by atoms with Crippen molar-refractivity contribution in [1.82, 2.24) is 10.2 Å². The monoisotopic (exact) mass is 244 g/mol. The molecular weight excluding hydrogens is 212 g/mol. The van der Waals surface area contributed by atoms with Gasteiger partial charge in [-0.2, -0.15) is 0 Å². The lowest BCUT2D eigenvalue weighted by molar-refractivity contribution is 0.101. The van der Waals surface area contributed by atoms with Gasteiger partial charge in [0, 0.05) is 19.2 Å². The highest BCUT2D eigenvalue weighted by atomic mass is 16.5. The number of nitrogens with zero attached hydrogens (tertiary/aromatic N) is 1. The molecule has 3 heteroatoms. The molecule has 0 aliphatic heterocycles. The summed E-state index contributed by atoms with van der Waals surface area (Å²) in [5, 5.41) is 3.46. The van der Waals surface area contributed by atoms with Gasteiger partial charge < -0.3 is 10.1 Å². The summed E-state index contributed by atoms with van der Waals surface area (Å²) < 4.78 is 5.21. The fraction of sp³-hybridized carbons (Fsp3) is 1.00. The minimum atomic E-state index is 0.538. The van der Waals surface area contributed by atoms with Crippen molar-refractivity contribution in [2.24, 2.45) is 0 Å². The van der Waals surface area contributed by atoms with Crippen molar-refractivity contribution in [3.05, 3.63) is 0 Å². The molecule has 0 aliphatic carbocycles. The molecule has 0 rings (SSSR count). The molecule has 0 aromatic heterocycles. The zero-order chi connectivity index (χ0) is 13.1. The van der Waals surface area contributed by atoms with Gasteiger partial charge in [0.1, 0.15) is 0 Å². The molecule has 0 heterocycles. The van der Waals surface area contributed by atoms with Crippen molar-refractivity contribution in [3.8, 4) is 0 Å². The van der Waals surface area contributed by atoms with E-state index in [1.807, 2.05) is 0 Å². The van der Waals surface area contributed by atoms with E-state index in [0.29, 0.717) is 12.1 Å². The molecule has 17 heavy (non-hydrogen) atoms. The smallest absolute Gasteiger partial charge is 0.0615 e. The van der Waals surface area contributed by atoms with Crippen LogP contribution in [-0.4, -0.2) is 50.3 Å². The largest absolute Gasteiger partial charge is 0.383 e. The van der Waals surface area contributed by atoms with Gasteiger partial charge in [0.2, 0.25) is 0 Å². The van der Waals surface area contributed by atoms with Crippen LogP contribution in [0.4, 0.5) is 0 Å². The van der Waals surface area contributed by atoms with E-state index >= 15 is 0 Å². The summed E-state index contributed by atoms with van der Waals surface area (Å²) in [4.78, 5) is 2.50. The lowest BCUT2D eigenvalue weighted by atomic mass is 10.1. The third-order valence-corrected chi connectivity index (χ3v) is 3.32. The lowest BCUT2D eigenvalue weighted by Crippen LogP contribution is -2.36. The normalized spacial score (nSPS) is 15.2. The Morgan fingerprint density at radius 3 is 2.41 bits per heavy atom. The molecule has 0 aromatic carbocycles. The maximum atomic E-state index is 5.21. The van der Waals surface area contributed by atoms with Crippen molar-refractivity contribution in [2.45, 2.75) is 59.0 Å². The Labute approximate surface area is 108 Å². The maximum Gasteiger partial charge on any atom is 0.0615 e. The summed E-state index contributed by atoms with van der Waals surface area (Å²) in [5.74, 6) is 0. The number of likely N-dealkylation sites (N-methyl/N-ethyl adjacent to an activating group) is 1. The van der Waals surface area contributed by atoms with Crippen LogP contribution in [0.2, 0.25) is 0 Å². The van der Waals surface area contributed by atoms with Crippen LogP contribution < -0.4 is 5.32 Å². The van der Waals surface area contributed by atoms with E-state index in [-0.39, 0.29) is 0 Å². The van der Waals surface area contributed by atoms with Crippen molar-refractivity contribution >= 4 is 0 Å². The van der Waals surface area contributed by atoms with E-state index in [1.165, 1.54) is 25.8 Å². The second-order valence-corrected chi connectivity index (χ2v) is 4.89. The number of rotatable bonds is 11. The van der Waals surface area contributed by atoms with Crippen LogP contribution >= 0.6 is 0 Å². The van der Waals surface area contributed by atoms with Crippen molar-refractivity contribution in [3.63, 3.8) is 0 Å². The zero-order valence-corrected chi connectivity index (χ0v) is 12.5. The molecule has 3 nitrogen and oxygen atoms in total. The van der Waals surface area contributed by atoms with Gasteiger partial charge in [0.05, 0.1) is 6.61 Å². The molecule has 0 spiro atoms. The SMILES string of the molecule is CCNC(C)CCCCN(CC)C(C)COC. The van der Waals surface area contributed by atoms with E-state index in [1.54, 1.807) is 7.11 Å². The first kappa shape index (κ1) is 16.9. The first-order valence-corrected chi connectivity index (χ1v) is 7.12. The van der Waals surface area contributed by atoms with Gasteiger partial charge in [-0.25, -0.2) is 0 Å². The molecule has 1 N–H and O–H groups in total. The second kappa shape index (κ2) is 11.0. The molecule has 0 amide bonds. The highest BCUT2D eigenvalue weighted by Gasteiger charge is 2.11. The number of hydrogen-bond donors (Lipinski definition) is 1. The van der Waals surface area contributed by atoms with E-state index in [4.69, 9.17) is 4.74 Å². The molecule has 0 radical (unpaired) electrons. The fourth-order valence-electron chi connectivity index (χ4n) is 2.25. The van der Waals surface area contributed by atoms with Gasteiger partial charge in [-0.3, -0.25) is 4.90 Å². The second-order valence-electron chi connectivity index (χ2n) is 4.89. The summed E-state index contributed by atoms with van der Waals surface area (Å²) in [6, 6.07) is 1.20. The predicted molar refractivity (Wildman–Crippen MR) is 75.6 cm³/mol. The van der Waals surface area contributed by atoms with Crippen molar-refractivity contribution in [2.75, 3.05) is 33.4 Å². The average Bonchev–Trinajstić information content (AvgIpc) is 2.29. The van der Waals surface area contributed by atoms with E-state index in [9.17, 15) is 0 Å². The minimum absolute atomic E-state index is 0.538. The van der Waals surface area contributed by atoms with Crippen LogP contribution in [0.1, 0.15) is 47.0 Å². The van der Waals surface area contributed by atoms with E-state index in [2.05, 4.69) is 37.9 Å². The predicted octanol–water partition coefficient (Wildman–Crippen LogP) is 2.51. The van der Waals surface area contributed by atoms with Crippen molar-refractivity contribution in [1.29, 1.82) is 0 Å². The Kier molecular flexibility index (Phi) is 10.9. The quantitative estimate of drug-likeness (QED) is 0.565. The van der Waals surface area contributed by atoms with Crippen molar-refractivity contribution < 1.29 is 4.74 Å². The highest BCUT2D eigenvalue weighted by molar-refractivity contribution is 4.66. The van der Waals surface area contributed by atoms with Gasteiger partial charge in [-0.05, 0) is 46.3 Å². The molecule has 104 valence electrons. The standard InChI is InChI=1S/C14H32N2O/c1-6-15-13(3)10-8-9-11-16(7-2)14(4)12-17-5/h13-15H,6-12H2,1-5H3. The molecule has 0 saturated carbocycles. The van der Waals surface area contributed by atoms with Gasteiger partial charge in [-0.1, -0.05) is 20.3 Å². The average molecular weight is 244 g/mol. The molecule has 2 atom stereocenters. The van der Waals surface area contributed by atoms with Crippen LogP contribution in [0.5, 0.6) is 0 Å². The third-order valence-electron chi connectivity index (χ3n) is 3.32. The molecule has 2 unspecified atom stereocenters. The van der Waals surface area contributed by atoms with Gasteiger partial charge in [0.15, 0.2) is 0 Å². The first-order valence-electron chi connectivity index (χ1n) is 7.12. The van der Waals surface area contributed by atoms with Crippen LogP contribution in [0.15, 0.2) is 0 Å². The molecular formula is C14H32N2O. The third kappa shape index (κ3) is 8.58. The van der Waals surface area contributed by atoms with Crippen LogP contribution in [-0.2, 0) is 4.74 Å². The highest BCUT2D eigenvalue weighted by Crippen LogP contribution is 2.05. The Morgan fingerprint density at radius 1 is 1.18 bits per heavy atom. The Bertz CT molecular complexity index is 164. The summed E-state index contributed by atoms with van der Waals surface area (Å²) in [5.41, 5.74) is 0. The topological polar surface area (TPSA) is 24.5 Å². The minimum Gasteiger partial charge on any atom is -0.383 e. The van der Waals surface area contributed by atoms with E-state index in [0.717, 1.165) is 19.7 Å². The molecule has 0 fully saturated rings.